The van der Waals surface area contributed by atoms with E-state index >= 15 is 0 Å². The van der Waals surface area contributed by atoms with Crippen molar-refractivity contribution in [2.75, 3.05) is 26.7 Å². The number of ether oxygens (including phenoxy) is 1. The van der Waals surface area contributed by atoms with Gasteiger partial charge in [0, 0.05) is 19.1 Å². The molecule has 19 heavy (non-hydrogen) atoms. The van der Waals surface area contributed by atoms with Crippen molar-refractivity contribution < 1.29 is 4.74 Å². The summed E-state index contributed by atoms with van der Waals surface area (Å²) in [7, 11) is 2.02. The van der Waals surface area contributed by atoms with E-state index in [-0.39, 0.29) is 12.1 Å². The van der Waals surface area contributed by atoms with Gasteiger partial charge in [-0.15, -0.1) is 0 Å². The van der Waals surface area contributed by atoms with Gasteiger partial charge in [0.25, 0.3) is 0 Å². The highest BCUT2D eigenvalue weighted by Crippen LogP contribution is 2.25. The van der Waals surface area contributed by atoms with Gasteiger partial charge in [0.15, 0.2) is 0 Å². The van der Waals surface area contributed by atoms with Crippen LogP contribution in [-0.4, -0.2) is 43.8 Å². The molecule has 2 rings (SSSR count). The first-order valence-corrected chi connectivity index (χ1v) is 7.22. The van der Waals surface area contributed by atoms with E-state index in [0.29, 0.717) is 6.04 Å². The lowest BCUT2D eigenvalue weighted by Crippen LogP contribution is -2.50. The quantitative estimate of drug-likeness (QED) is 0.901. The number of hydrogen-bond donors (Lipinski definition) is 1. The first-order chi connectivity index (χ1) is 9.13. The Morgan fingerprint density at radius 3 is 2.68 bits per heavy atom. The number of rotatable bonds is 4. The molecule has 106 valence electrons. The van der Waals surface area contributed by atoms with Crippen molar-refractivity contribution in [1.82, 2.24) is 10.2 Å². The van der Waals surface area contributed by atoms with Crippen LogP contribution in [0.1, 0.15) is 31.0 Å². The van der Waals surface area contributed by atoms with Crippen molar-refractivity contribution >= 4 is 0 Å². The van der Waals surface area contributed by atoms with Crippen LogP contribution in [-0.2, 0) is 4.74 Å². The molecule has 0 spiro atoms. The summed E-state index contributed by atoms with van der Waals surface area (Å²) in [4.78, 5) is 2.50. The maximum Gasteiger partial charge on any atom is 0.0897 e. The van der Waals surface area contributed by atoms with Gasteiger partial charge in [-0.25, -0.2) is 0 Å². The minimum Gasteiger partial charge on any atom is -0.374 e. The van der Waals surface area contributed by atoms with Gasteiger partial charge in [-0.2, -0.15) is 0 Å². The van der Waals surface area contributed by atoms with Crippen LogP contribution in [0.5, 0.6) is 0 Å². The second-order valence-corrected chi connectivity index (χ2v) is 5.62. The van der Waals surface area contributed by atoms with E-state index in [0.717, 1.165) is 19.7 Å². The van der Waals surface area contributed by atoms with Crippen molar-refractivity contribution in [3.8, 4) is 0 Å². The van der Waals surface area contributed by atoms with E-state index in [1.54, 1.807) is 0 Å². The molecule has 1 N–H and O–H groups in total. The number of morpholine rings is 1. The van der Waals surface area contributed by atoms with Gasteiger partial charge < -0.3 is 10.1 Å². The molecule has 0 bridgehead atoms. The normalized spacial score (nSPS) is 22.7. The SMILES string of the molecule is CNC(c1ccccc1C)C1CN(C(C)C)CCO1. The first-order valence-electron chi connectivity index (χ1n) is 7.22. The molecular formula is C16H26N2O. The number of aryl methyl sites for hydroxylation is 1. The van der Waals surface area contributed by atoms with E-state index in [1.165, 1.54) is 11.1 Å². The third-order valence-corrected chi connectivity index (χ3v) is 4.06. The van der Waals surface area contributed by atoms with Crippen LogP contribution in [0.25, 0.3) is 0 Å². The molecule has 2 unspecified atom stereocenters. The van der Waals surface area contributed by atoms with E-state index < -0.39 is 0 Å². The molecule has 0 saturated carbocycles. The van der Waals surface area contributed by atoms with Gasteiger partial charge in [-0.1, -0.05) is 24.3 Å². The first kappa shape index (κ1) is 14.5. The van der Waals surface area contributed by atoms with Gasteiger partial charge in [-0.3, -0.25) is 4.90 Å². The summed E-state index contributed by atoms with van der Waals surface area (Å²) in [5.41, 5.74) is 2.67. The van der Waals surface area contributed by atoms with Gasteiger partial charge in [0.1, 0.15) is 0 Å². The number of hydrogen-bond acceptors (Lipinski definition) is 3. The number of nitrogens with one attached hydrogen (secondary N) is 1. The largest absolute Gasteiger partial charge is 0.374 e. The average molecular weight is 262 g/mol. The van der Waals surface area contributed by atoms with Gasteiger partial charge >= 0.3 is 0 Å². The van der Waals surface area contributed by atoms with E-state index in [4.69, 9.17) is 4.74 Å². The molecular weight excluding hydrogens is 236 g/mol. The van der Waals surface area contributed by atoms with Crippen LogP contribution < -0.4 is 5.32 Å². The molecule has 2 atom stereocenters. The summed E-state index contributed by atoms with van der Waals surface area (Å²) in [6.45, 7) is 9.54. The Labute approximate surface area is 116 Å². The zero-order valence-electron chi connectivity index (χ0n) is 12.5. The molecule has 1 heterocycles. The summed E-state index contributed by atoms with van der Waals surface area (Å²) in [6, 6.07) is 9.42. The van der Waals surface area contributed by atoms with Crippen LogP contribution in [0.4, 0.5) is 0 Å². The van der Waals surface area contributed by atoms with E-state index in [9.17, 15) is 0 Å². The molecule has 0 radical (unpaired) electrons. The van der Waals surface area contributed by atoms with Gasteiger partial charge in [-0.05, 0) is 38.9 Å². The standard InChI is InChI=1S/C16H26N2O/c1-12(2)18-9-10-19-15(11-18)16(17-4)14-8-6-5-7-13(14)3/h5-8,12,15-17H,9-11H2,1-4H3. The predicted octanol–water partition coefficient (Wildman–Crippen LogP) is 2.36. The second-order valence-electron chi connectivity index (χ2n) is 5.62. The Bertz CT molecular complexity index is 405. The van der Waals surface area contributed by atoms with Crippen LogP contribution in [0.3, 0.4) is 0 Å². The number of nitrogens with zero attached hydrogens (tertiary/aromatic N) is 1. The molecule has 1 aliphatic rings. The third kappa shape index (κ3) is 3.35. The van der Waals surface area contributed by atoms with Crippen LogP contribution in [0.2, 0.25) is 0 Å². The molecule has 3 nitrogen and oxygen atoms in total. The molecule has 0 aromatic heterocycles. The second kappa shape index (κ2) is 6.51. The smallest absolute Gasteiger partial charge is 0.0897 e. The molecule has 1 saturated heterocycles. The highest BCUT2D eigenvalue weighted by Gasteiger charge is 2.29. The lowest BCUT2D eigenvalue weighted by molar-refractivity contribution is -0.0551. The zero-order valence-corrected chi connectivity index (χ0v) is 12.5. The molecule has 1 aliphatic heterocycles. The lowest BCUT2D eigenvalue weighted by Gasteiger charge is -2.39. The monoisotopic (exact) mass is 262 g/mol. The molecule has 1 aromatic carbocycles. The number of likely N-dealkylation sites (N-methyl/N-ethyl adjacent to an activating group) is 1. The minimum absolute atomic E-state index is 0.224. The minimum atomic E-state index is 0.224. The summed E-state index contributed by atoms with van der Waals surface area (Å²) >= 11 is 0. The third-order valence-electron chi connectivity index (χ3n) is 4.06. The van der Waals surface area contributed by atoms with Crippen LogP contribution in [0.15, 0.2) is 24.3 Å². The van der Waals surface area contributed by atoms with Gasteiger partial charge in [0.05, 0.1) is 18.8 Å². The summed E-state index contributed by atoms with van der Waals surface area (Å²) in [5, 5.41) is 3.44. The predicted molar refractivity (Wildman–Crippen MR) is 79.4 cm³/mol. The molecule has 0 aliphatic carbocycles. The average Bonchev–Trinajstić information content (AvgIpc) is 2.42. The van der Waals surface area contributed by atoms with Crippen LogP contribution >= 0.6 is 0 Å². The molecule has 1 aromatic rings. The van der Waals surface area contributed by atoms with Crippen molar-refractivity contribution in [3.05, 3.63) is 35.4 Å². The number of benzene rings is 1. The molecule has 1 fully saturated rings. The Hall–Kier alpha value is -0.900. The summed E-state index contributed by atoms with van der Waals surface area (Å²) in [5.74, 6) is 0. The fraction of sp³-hybridized carbons (Fsp3) is 0.625. The van der Waals surface area contributed by atoms with E-state index in [1.807, 2.05) is 7.05 Å². The topological polar surface area (TPSA) is 24.5 Å². The lowest BCUT2D eigenvalue weighted by atomic mass is 9.96. The summed E-state index contributed by atoms with van der Waals surface area (Å²) in [6.07, 6.45) is 0.224. The van der Waals surface area contributed by atoms with Crippen molar-refractivity contribution in [2.45, 2.75) is 39.0 Å². The highest BCUT2D eigenvalue weighted by atomic mass is 16.5. The Kier molecular flexibility index (Phi) is 4.97. The maximum atomic E-state index is 6.02. The molecule has 3 heteroatoms. The zero-order chi connectivity index (χ0) is 13.8. The van der Waals surface area contributed by atoms with Crippen molar-refractivity contribution in [1.29, 1.82) is 0 Å². The van der Waals surface area contributed by atoms with Crippen LogP contribution in [0, 0.1) is 6.92 Å². The van der Waals surface area contributed by atoms with Gasteiger partial charge in [0.2, 0.25) is 0 Å². The Morgan fingerprint density at radius 2 is 2.05 bits per heavy atom. The Morgan fingerprint density at radius 1 is 1.32 bits per heavy atom. The maximum absolute atomic E-state index is 6.02. The summed E-state index contributed by atoms with van der Waals surface area (Å²) < 4.78 is 6.02. The fourth-order valence-corrected chi connectivity index (χ4v) is 2.84. The highest BCUT2D eigenvalue weighted by molar-refractivity contribution is 5.29. The van der Waals surface area contributed by atoms with Crippen molar-refractivity contribution in [3.63, 3.8) is 0 Å². The fourth-order valence-electron chi connectivity index (χ4n) is 2.84. The van der Waals surface area contributed by atoms with E-state index in [2.05, 4.69) is 55.3 Å². The Balaban J connectivity index is 2.16. The van der Waals surface area contributed by atoms with Crippen molar-refractivity contribution in [2.24, 2.45) is 0 Å². The molecule has 0 amide bonds.